The van der Waals surface area contributed by atoms with Crippen LogP contribution in [0.5, 0.6) is 6.01 Å². The van der Waals surface area contributed by atoms with Gasteiger partial charge in [0.05, 0.1) is 35.4 Å². The smallest absolute Gasteiger partial charge is 0.416 e. The molecule has 0 spiro atoms. The Balaban J connectivity index is 1.31. The van der Waals surface area contributed by atoms with Gasteiger partial charge >= 0.3 is 18.3 Å². The van der Waals surface area contributed by atoms with Gasteiger partial charge in [-0.2, -0.15) is 18.2 Å². The van der Waals surface area contributed by atoms with Crippen LogP contribution in [-0.2, 0) is 17.5 Å². The molecule has 1 amide bonds. The minimum atomic E-state index is -4.47. The summed E-state index contributed by atoms with van der Waals surface area (Å²) in [6.07, 6.45) is -2.18. The zero-order valence-corrected chi connectivity index (χ0v) is 21.9. The Bertz CT molecular complexity index is 1360. The fourth-order valence-electron chi connectivity index (χ4n) is 4.91. The molecule has 2 aliphatic heterocycles. The highest BCUT2D eigenvalue weighted by Crippen LogP contribution is 2.35. The summed E-state index contributed by atoms with van der Waals surface area (Å²) >= 11 is 0. The Kier molecular flexibility index (Phi) is 8.09. The summed E-state index contributed by atoms with van der Waals surface area (Å²) in [6, 6.07) is 16.6. The number of hydrogen-bond donors (Lipinski definition) is 2. The van der Waals surface area contributed by atoms with Gasteiger partial charge in [-0.15, -0.1) is 0 Å². The zero-order valence-electron chi connectivity index (χ0n) is 21.9. The van der Waals surface area contributed by atoms with Crippen molar-refractivity contribution in [1.82, 2.24) is 25.5 Å². The van der Waals surface area contributed by atoms with Crippen molar-refractivity contribution < 1.29 is 27.4 Å². The van der Waals surface area contributed by atoms with Crippen LogP contribution in [0.3, 0.4) is 0 Å². The lowest BCUT2D eigenvalue weighted by molar-refractivity contribution is -0.137. The Morgan fingerprint density at radius 3 is 2.50 bits per heavy atom. The van der Waals surface area contributed by atoms with E-state index in [0.717, 1.165) is 17.7 Å². The molecule has 0 radical (unpaired) electrons. The van der Waals surface area contributed by atoms with Crippen molar-refractivity contribution in [2.45, 2.75) is 38.7 Å². The summed E-state index contributed by atoms with van der Waals surface area (Å²) in [5, 5.41) is 6.86. The van der Waals surface area contributed by atoms with Crippen molar-refractivity contribution >= 4 is 17.5 Å². The van der Waals surface area contributed by atoms with E-state index in [1.165, 1.54) is 6.07 Å². The second-order valence-electron chi connectivity index (χ2n) is 9.62. The minimum Gasteiger partial charge on any atom is -0.464 e. The van der Waals surface area contributed by atoms with Gasteiger partial charge in [0, 0.05) is 30.8 Å². The quantitative estimate of drug-likeness (QED) is 0.411. The molecule has 40 heavy (non-hydrogen) atoms. The van der Waals surface area contributed by atoms with Crippen LogP contribution in [0.25, 0.3) is 11.4 Å². The third-order valence-electron chi connectivity index (χ3n) is 6.97. The average molecular weight is 554 g/mol. The summed E-state index contributed by atoms with van der Waals surface area (Å²) in [4.78, 5) is 22.9. The Labute approximate surface area is 230 Å². The standard InChI is InChI=1S/C29H30F3N5O3/c1-2-39-27-33-14-11-23(34-27)25-24(21-9-6-10-22(17-21)29(30,31)32)35-26(36-25)20-12-15-37(16-13-20)28(38)40-18-19-7-4-3-5-8-19/h3-11,14,17,20,26,35-36H,2,12-13,15-16,18H2,1H3. The summed E-state index contributed by atoms with van der Waals surface area (Å²) in [6.45, 7) is 3.42. The molecule has 210 valence electrons. The number of nitrogens with one attached hydrogen (secondary N) is 2. The van der Waals surface area contributed by atoms with Crippen LogP contribution in [0.4, 0.5) is 18.0 Å². The first-order chi connectivity index (χ1) is 19.3. The van der Waals surface area contributed by atoms with E-state index in [4.69, 9.17) is 9.47 Å². The predicted molar refractivity (Wildman–Crippen MR) is 142 cm³/mol. The average Bonchev–Trinajstić information content (AvgIpc) is 3.42. The third kappa shape index (κ3) is 6.30. The highest BCUT2D eigenvalue weighted by atomic mass is 19.4. The maximum Gasteiger partial charge on any atom is 0.416 e. The Morgan fingerprint density at radius 1 is 1.02 bits per heavy atom. The molecule has 2 aromatic carbocycles. The highest BCUT2D eigenvalue weighted by molar-refractivity contribution is 5.90. The van der Waals surface area contributed by atoms with E-state index in [9.17, 15) is 18.0 Å². The molecule has 2 aliphatic rings. The van der Waals surface area contributed by atoms with Gasteiger partial charge in [0.25, 0.3) is 0 Å². The topological polar surface area (TPSA) is 88.6 Å². The molecule has 0 bridgehead atoms. The molecule has 1 fully saturated rings. The molecule has 2 N–H and O–H groups in total. The molecule has 5 rings (SSSR count). The van der Waals surface area contributed by atoms with Gasteiger partial charge in [-0.3, -0.25) is 0 Å². The van der Waals surface area contributed by atoms with Crippen molar-refractivity contribution in [2.24, 2.45) is 5.92 Å². The molecule has 11 heteroatoms. The highest BCUT2D eigenvalue weighted by Gasteiger charge is 2.36. The summed E-state index contributed by atoms with van der Waals surface area (Å²) < 4.78 is 51.4. The van der Waals surface area contributed by atoms with Crippen LogP contribution >= 0.6 is 0 Å². The van der Waals surface area contributed by atoms with Gasteiger partial charge in [-0.25, -0.2) is 9.78 Å². The molecular weight excluding hydrogens is 523 g/mol. The normalized spacial score (nSPS) is 17.8. The number of alkyl halides is 3. The number of aromatic nitrogens is 2. The molecular formula is C29H30F3N5O3. The van der Waals surface area contributed by atoms with E-state index in [2.05, 4.69) is 20.6 Å². The molecule has 8 nitrogen and oxygen atoms in total. The summed E-state index contributed by atoms with van der Waals surface area (Å²) in [7, 11) is 0. The van der Waals surface area contributed by atoms with Gasteiger partial charge in [-0.05, 0) is 43.5 Å². The number of ether oxygens (including phenoxy) is 2. The van der Waals surface area contributed by atoms with E-state index in [1.54, 1.807) is 23.2 Å². The Morgan fingerprint density at radius 2 is 1.77 bits per heavy atom. The summed E-state index contributed by atoms with van der Waals surface area (Å²) in [5.41, 5.74) is 2.16. The number of carbonyl (C=O) groups is 1. The van der Waals surface area contributed by atoms with Crippen LogP contribution in [0.2, 0.25) is 0 Å². The molecule has 0 aliphatic carbocycles. The fraction of sp³-hybridized carbons (Fsp3) is 0.345. The maximum absolute atomic E-state index is 13.5. The number of benzene rings is 2. The number of hydrogen-bond acceptors (Lipinski definition) is 7. The van der Waals surface area contributed by atoms with Gasteiger partial charge in [0.15, 0.2) is 0 Å². The van der Waals surface area contributed by atoms with E-state index in [1.807, 2.05) is 37.3 Å². The third-order valence-corrected chi connectivity index (χ3v) is 6.97. The van der Waals surface area contributed by atoms with Crippen LogP contribution in [0.15, 0.2) is 66.9 Å². The van der Waals surface area contributed by atoms with Gasteiger partial charge in [0.2, 0.25) is 0 Å². The lowest BCUT2D eigenvalue weighted by atomic mass is 9.94. The molecule has 1 unspecified atom stereocenters. The molecule has 1 atom stereocenters. The first-order valence-electron chi connectivity index (χ1n) is 13.2. The maximum atomic E-state index is 13.5. The van der Waals surface area contributed by atoms with Gasteiger partial charge in [-0.1, -0.05) is 42.5 Å². The van der Waals surface area contributed by atoms with E-state index in [0.29, 0.717) is 55.2 Å². The number of nitrogens with zero attached hydrogens (tertiary/aromatic N) is 3. The second kappa shape index (κ2) is 11.8. The predicted octanol–water partition coefficient (Wildman–Crippen LogP) is 5.29. The number of carbonyl (C=O) groups excluding carboxylic acids is 1. The van der Waals surface area contributed by atoms with E-state index >= 15 is 0 Å². The molecule has 1 aromatic heterocycles. The first kappa shape index (κ1) is 27.3. The van der Waals surface area contributed by atoms with Gasteiger partial charge in [0.1, 0.15) is 6.61 Å². The number of halogens is 3. The van der Waals surface area contributed by atoms with E-state index < -0.39 is 11.7 Å². The zero-order chi connectivity index (χ0) is 28.1. The van der Waals surface area contributed by atoms with Crippen LogP contribution in [0, 0.1) is 5.92 Å². The van der Waals surface area contributed by atoms with Crippen LogP contribution in [0.1, 0.15) is 42.1 Å². The van der Waals surface area contributed by atoms with Crippen molar-refractivity contribution in [3.63, 3.8) is 0 Å². The fourth-order valence-corrected chi connectivity index (χ4v) is 4.91. The first-order valence-corrected chi connectivity index (χ1v) is 13.2. The van der Waals surface area contributed by atoms with E-state index in [-0.39, 0.29) is 30.8 Å². The number of amides is 1. The van der Waals surface area contributed by atoms with Gasteiger partial charge < -0.3 is 25.0 Å². The molecule has 0 saturated carbocycles. The van der Waals surface area contributed by atoms with Crippen molar-refractivity contribution in [1.29, 1.82) is 0 Å². The van der Waals surface area contributed by atoms with Crippen LogP contribution < -0.4 is 15.4 Å². The largest absolute Gasteiger partial charge is 0.464 e. The summed E-state index contributed by atoms with van der Waals surface area (Å²) in [5.74, 6) is 0.102. The molecule has 1 saturated heterocycles. The molecule has 3 aromatic rings. The van der Waals surface area contributed by atoms with Crippen molar-refractivity contribution in [2.75, 3.05) is 19.7 Å². The van der Waals surface area contributed by atoms with Crippen molar-refractivity contribution in [3.05, 3.63) is 89.2 Å². The number of piperidine rings is 1. The second-order valence-corrected chi connectivity index (χ2v) is 9.62. The minimum absolute atomic E-state index is 0.102. The monoisotopic (exact) mass is 553 g/mol. The Hall–Kier alpha value is -4.28. The molecule has 3 heterocycles. The lowest BCUT2D eigenvalue weighted by Crippen LogP contribution is -2.47. The van der Waals surface area contributed by atoms with Crippen molar-refractivity contribution in [3.8, 4) is 6.01 Å². The number of rotatable bonds is 7. The SMILES string of the molecule is CCOc1nccc(C2=C(c3cccc(C(F)(F)F)c3)NC(C3CCN(C(=O)OCc4ccccc4)CC3)N2)n1. The van der Waals surface area contributed by atoms with Crippen LogP contribution in [-0.4, -0.2) is 46.8 Å². The lowest BCUT2D eigenvalue weighted by Gasteiger charge is -2.34. The number of likely N-dealkylation sites (tertiary alicyclic amines) is 1.